The van der Waals surface area contributed by atoms with Crippen molar-refractivity contribution in [3.63, 3.8) is 0 Å². The van der Waals surface area contributed by atoms with Gasteiger partial charge in [0.25, 0.3) is 5.56 Å². The molecule has 2 aromatic heterocycles. The average molecular weight is 517 g/mol. The summed E-state index contributed by atoms with van der Waals surface area (Å²) in [5.41, 5.74) is 5.44. The smallest absolute Gasteiger partial charge is 0.271 e. The maximum absolute atomic E-state index is 13.9. The molecule has 1 aliphatic carbocycles. The number of thiophene rings is 1. The summed E-state index contributed by atoms with van der Waals surface area (Å²) in [6, 6.07) is 16.2. The zero-order valence-corrected chi connectivity index (χ0v) is 21.7. The van der Waals surface area contributed by atoms with Crippen LogP contribution in [0.2, 0.25) is 0 Å². The molecule has 0 saturated heterocycles. The lowest BCUT2D eigenvalue weighted by atomic mass is 9.85. The molecule has 0 fully saturated rings. The van der Waals surface area contributed by atoms with Crippen molar-refractivity contribution in [2.75, 3.05) is 21.3 Å². The van der Waals surface area contributed by atoms with Crippen LogP contribution < -0.4 is 29.1 Å². The number of allylic oxidation sites excluding steroid dienone is 1. The highest BCUT2D eigenvalue weighted by Crippen LogP contribution is 2.42. The molecule has 0 radical (unpaired) electrons. The molecule has 3 heterocycles. The van der Waals surface area contributed by atoms with Crippen molar-refractivity contribution in [2.24, 2.45) is 4.99 Å². The summed E-state index contributed by atoms with van der Waals surface area (Å²) in [5.74, 6) is 1.60. The number of rotatable bonds is 5. The fraction of sp³-hybridized carbons (Fsp3) is 0.214. The molecule has 4 aromatic rings. The monoisotopic (exact) mass is 516 g/mol. The number of aryl methyl sites for hydroxylation is 1. The first-order valence-electron chi connectivity index (χ1n) is 11.6. The Hall–Kier alpha value is -3.62. The SMILES string of the molecule is COc1cc(C=c2sc3n(c2=O)[C@@H](c2cccs2)C2=C(N=3)c3ccccc3CC2)cc(OC)c1OC. The van der Waals surface area contributed by atoms with Gasteiger partial charge in [-0.25, -0.2) is 4.99 Å². The van der Waals surface area contributed by atoms with Gasteiger partial charge < -0.3 is 14.2 Å². The number of methoxy groups -OCH3 is 3. The highest BCUT2D eigenvalue weighted by molar-refractivity contribution is 7.10. The third kappa shape index (κ3) is 3.60. The maximum Gasteiger partial charge on any atom is 0.271 e. The predicted octanol–water partition coefficient (Wildman–Crippen LogP) is 4.41. The Kier molecular flexibility index (Phi) is 5.78. The van der Waals surface area contributed by atoms with E-state index in [4.69, 9.17) is 19.2 Å². The second kappa shape index (κ2) is 9.11. The van der Waals surface area contributed by atoms with Crippen LogP contribution in [0.4, 0.5) is 0 Å². The number of hydrogen-bond acceptors (Lipinski definition) is 7. The zero-order valence-electron chi connectivity index (χ0n) is 20.1. The van der Waals surface area contributed by atoms with Crippen molar-refractivity contribution < 1.29 is 14.2 Å². The first-order chi connectivity index (χ1) is 17.6. The van der Waals surface area contributed by atoms with Crippen LogP contribution in [0.25, 0.3) is 11.8 Å². The standard InChI is InChI=1S/C28H24N2O4S2/c1-32-20-13-16(14-21(33-2)26(20)34-3)15-23-27(31)30-25(22-9-6-12-35-22)19-11-10-17-7-4-5-8-18(17)24(19)29-28(30)36-23/h4-9,12-15,25H,10-11H2,1-3H3/t25-/m1/s1. The number of benzene rings is 2. The Morgan fingerprint density at radius 2 is 1.78 bits per heavy atom. The van der Waals surface area contributed by atoms with Crippen LogP contribution >= 0.6 is 22.7 Å². The molecule has 0 amide bonds. The average Bonchev–Trinajstić information content (AvgIpc) is 3.55. The van der Waals surface area contributed by atoms with Gasteiger partial charge in [-0.1, -0.05) is 41.7 Å². The van der Waals surface area contributed by atoms with E-state index in [0.29, 0.717) is 26.6 Å². The van der Waals surface area contributed by atoms with Crippen molar-refractivity contribution in [1.82, 2.24) is 4.57 Å². The van der Waals surface area contributed by atoms with E-state index in [1.807, 2.05) is 28.8 Å². The Balaban J connectivity index is 1.58. The number of hydrogen-bond donors (Lipinski definition) is 0. The minimum Gasteiger partial charge on any atom is -0.493 e. The Labute approximate surface area is 216 Å². The molecule has 0 bridgehead atoms. The largest absolute Gasteiger partial charge is 0.493 e. The fourth-order valence-corrected chi connectivity index (χ4v) is 6.90. The number of nitrogens with zero attached hydrogens (tertiary/aromatic N) is 2. The summed E-state index contributed by atoms with van der Waals surface area (Å²) in [5, 5.41) is 2.07. The van der Waals surface area contributed by atoms with E-state index < -0.39 is 0 Å². The molecule has 1 aliphatic heterocycles. The maximum atomic E-state index is 13.9. The van der Waals surface area contributed by atoms with Gasteiger partial charge in [0.1, 0.15) is 0 Å². The number of aromatic nitrogens is 1. The van der Waals surface area contributed by atoms with E-state index in [2.05, 4.69) is 35.7 Å². The van der Waals surface area contributed by atoms with E-state index in [-0.39, 0.29) is 11.6 Å². The summed E-state index contributed by atoms with van der Waals surface area (Å²) in [7, 11) is 4.74. The Morgan fingerprint density at radius 1 is 1.00 bits per heavy atom. The zero-order chi connectivity index (χ0) is 24.8. The van der Waals surface area contributed by atoms with Gasteiger partial charge in [-0.2, -0.15) is 0 Å². The molecular formula is C28H24N2O4S2. The van der Waals surface area contributed by atoms with Gasteiger partial charge in [0, 0.05) is 10.4 Å². The lowest BCUT2D eigenvalue weighted by Crippen LogP contribution is -2.38. The van der Waals surface area contributed by atoms with Crippen LogP contribution in [-0.2, 0) is 6.42 Å². The van der Waals surface area contributed by atoms with E-state index in [1.54, 1.807) is 32.7 Å². The Morgan fingerprint density at radius 3 is 2.47 bits per heavy atom. The highest BCUT2D eigenvalue weighted by Gasteiger charge is 2.33. The van der Waals surface area contributed by atoms with E-state index in [1.165, 1.54) is 28.0 Å². The van der Waals surface area contributed by atoms with Crippen LogP contribution in [-0.4, -0.2) is 25.9 Å². The molecule has 6 rings (SSSR count). The lowest BCUT2D eigenvalue weighted by molar-refractivity contribution is 0.324. The summed E-state index contributed by atoms with van der Waals surface area (Å²) >= 11 is 3.09. The molecule has 182 valence electrons. The van der Waals surface area contributed by atoms with Crippen LogP contribution in [0.15, 0.2) is 69.3 Å². The molecule has 6 nitrogen and oxygen atoms in total. The topological polar surface area (TPSA) is 62.1 Å². The molecule has 2 aliphatic rings. The fourth-order valence-electron chi connectivity index (χ4n) is 5.05. The first-order valence-corrected chi connectivity index (χ1v) is 13.3. The summed E-state index contributed by atoms with van der Waals surface area (Å²) in [4.78, 5) is 20.8. The third-order valence-electron chi connectivity index (χ3n) is 6.67. The molecule has 0 unspecified atom stereocenters. The van der Waals surface area contributed by atoms with Crippen LogP contribution in [0.3, 0.4) is 0 Å². The van der Waals surface area contributed by atoms with Gasteiger partial charge in [-0.15, -0.1) is 11.3 Å². The van der Waals surface area contributed by atoms with Gasteiger partial charge in [-0.05, 0) is 59.2 Å². The van der Waals surface area contributed by atoms with E-state index in [0.717, 1.165) is 29.0 Å². The molecule has 36 heavy (non-hydrogen) atoms. The molecular weight excluding hydrogens is 492 g/mol. The molecule has 8 heteroatoms. The molecule has 1 atom stereocenters. The predicted molar refractivity (Wildman–Crippen MR) is 143 cm³/mol. The molecule has 0 saturated carbocycles. The van der Waals surface area contributed by atoms with Gasteiger partial charge in [0.15, 0.2) is 16.3 Å². The van der Waals surface area contributed by atoms with E-state index >= 15 is 0 Å². The van der Waals surface area contributed by atoms with Gasteiger partial charge in [-0.3, -0.25) is 9.36 Å². The number of fused-ring (bicyclic) bond motifs is 3. The number of thiazole rings is 1. The normalized spacial score (nSPS) is 16.6. The van der Waals surface area contributed by atoms with Gasteiger partial charge >= 0.3 is 0 Å². The molecule has 2 aromatic carbocycles. The third-order valence-corrected chi connectivity index (χ3v) is 8.58. The molecule has 0 spiro atoms. The highest BCUT2D eigenvalue weighted by atomic mass is 32.1. The number of ether oxygens (including phenoxy) is 3. The summed E-state index contributed by atoms with van der Waals surface area (Å²) < 4.78 is 18.9. The lowest BCUT2D eigenvalue weighted by Gasteiger charge is -2.30. The van der Waals surface area contributed by atoms with Gasteiger partial charge in [0.05, 0.1) is 37.6 Å². The van der Waals surface area contributed by atoms with Crippen molar-refractivity contribution >= 4 is 34.4 Å². The summed E-state index contributed by atoms with van der Waals surface area (Å²) in [6.45, 7) is 0. The van der Waals surface area contributed by atoms with Gasteiger partial charge in [0.2, 0.25) is 5.75 Å². The van der Waals surface area contributed by atoms with Crippen molar-refractivity contribution in [2.45, 2.75) is 18.9 Å². The minimum absolute atomic E-state index is 0.0451. The second-order valence-electron chi connectivity index (χ2n) is 8.59. The van der Waals surface area contributed by atoms with Crippen molar-refractivity contribution in [3.8, 4) is 17.2 Å². The van der Waals surface area contributed by atoms with Crippen LogP contribution in [0, 0.1) is 0 Å². The van der Waals surface area contributed by atoms with E-state index in [9.17, 15) is 4.79 Å². The molecule has 0 N–H and O–H groups in total. The Bertz CT molecular complexity index is 1650. The van der Waals surface area contributed by atoms with Crippen molar-refractivity contribution in [3.05, 3.63) is 101 Å². The van der Waals surface area contributed by atoms with Crippen molar-refractivity contribution in [1.29, 1.82) is 0 Å². The summed E-state index contributed by atoms with van der Waals surface area (Å²) in [6.07, 6.45) is 3.70. The quantitative estimate of drug-likeness (QED) is 0.394. The first kappa shape index (κ1) is 22.8. The minimum atomic E-state index is -0.147. The van der Waals surface area contributed by atoms with Crippen LogP contribution in [0.5, 0.6) is 17.2 Å². The second-order valence-corrected chi connectivity index (χ2v) is 10.6. The van der Waals surface area contributed by atoms with Crippen LogP contribution in [0.1, 0.15) is 34.0 Å².